The molecule has 0 radical (unpaired) electrons. The van der Waals surface area contributed by atoms with Gasteiger partial charge in [-0.2, -0.15) is 0 Å². The summed E-state index contributed by atoms with van der Waals surface area (Å²) in [6.45, 7) is 2.10. The van der Waals surface area contributed by atoms with Crippen molar-refractivity contribution < 1.29 is 14.3 Å². The topological polar surface area (TPSA) is 43.4 Å². The lowest BCUT2D eigenvalue weighted by Gasteiger charge is -2.22. The van der Waals surface area contributed by atoms with Gasteiger partial charge in [-0.05, 0) is 67.0 Å². The first-order valence-corrected chi connectivity index (χ1v) is 8.02. The lowest BCUT2D eigenvalue weighted by Crippen LogP contribution is -2.13. The summed E-state index contributed by atoms with van der Waals surface area (Å²) < 4.78 is 5.36. The molecular weight excluding hydrogens is 276 g/mol. The maximum absolute atomic E-state index is 11.8. The Kier molecular flexibility index (Phi) is 4.14. The molecule has 116 valence electrons. The van der Waals surface area contributed by atoms with Crippen molar-refractivity contribution in [1.82, 2.24) is 0 Å². The largest absolute Gasteiger partial charge is 0.497 e. The molecule has 0 heterocycles. The van der Waals surface area contributed by atoms with Gasteiger partial charge in [0.25, 0.3) is 0 Å². The van der Waals surface area contributed by atoms with Crippen LogP contribution in [0.2, 0.25) is 0 Å². The van der Waals surface area contributed by atoms with E-state index in [1.807, 2.05) is 0 Å². The van der Waals surface area contributed by atoms with E-state index in [9.17, 15) is 9.59 Å². The van der Waals surface area contributed by atoms with Crippen molar-refractivity contribution in [2.45, 2.75) is 45.4 Å². The molecule has 1 saturated carbocycles. The zero-order chi connectivity index (χ0) is 15.7. The normalized spacial score (nSPS) is 20.5. The summed E-state index contributed by atoms with van der Waals surface area (Å²) in [6.07, 6.45) is 6.75. The number of carbonyl (C=O) groups is 2. The highest BCUT2D eigenvalue weighted by molar-refractivity contribution is 6.08. The molecule has 0 bridgehead atoms. The Morgan fingerprint density at radius 2 is 1.86 bits per heavy atom. The molecule has 0 saturated heterocycles. The standard InChI is InChI=1S/C19H22O3/c1-12-10-15(22-2)11-14-5-3-4-13(19(12)14)6-7-16-17(20)8-9-18(16)21/h6,10-11,16H,3-5,7-9H2,1-2H3/b13-6+. The fourth-order valence-corrected chi connectivity index (χ4v) is 3.69. The number of rotatable bonds is 3. The molecule has 1 aromatic carbocycles. The third-order valence-electron chi connectivity index (χ3n) is 4.83. The lowest BCUT2D eigenvalue weighted by atomic mass is 9.83. The Morgan fingerprint density at radius 3 is 2.55 bits per heavy atom. The molecule has 2 aliphatic rings. The molecule has 2 aliphatic carbocycles. The number of carbonyl (C=O) groups excluding carboxylic acids is 2. The quantitative estimate of drug-likeness (QED) is 0.800. The Hall–Kier alpha value is -1.90. The summed E-state index contributed by atoms with van der Waals surface area (Å²) in [5.41, 5.74) is 5.11. The molecule has 0 aliphatic heterocycles. The number of ketones is 2. The third kappa shape index (κ3) is 2.72. The molecule has 1 fully saturated rings. The first-order valence-electron chi connectivity index (χ1n) is 8.02. The molecule has 0 amide bonds. The van der Waals surface area contributed by atoms with Crippen molar-refractivity contribution in [2.24, 2.45) is 5.92 Å². The summed E-state index contributed by atoms with van der Waals surface area (Å²) in [5, 5.41) is 0. The fraction of sp³-hybridized carbons (Fsp3) is 0.474. The van der Waals surface area contributed by atoms with Gasteiger partial charge in [0.1, 0.15) is 17.3 Å². The van der Waals surface area contributed by atoms with Crippen LogP contribution in [0.3, 0.4) is 0 Å². The molecule has 3 rings (SSSR count). The van der Waals surface area contributed by atoms with Crippen LogP contribution in [0.15, 0.2) is 18.2 Å². The van der Waals surface area contributed by atoms with Crippen LogP contribution in [0, 0.1) is 12.8 Å². The third-order valence-corrected chi connectivity index (χ3v) is 4.83. The number of fused-ring (bicyclic) bond motifs is 1. The van der Waals surface area contributed by atoms with E-state index in [0.29, 0.717) is 19.3 Å². The Balaban J connectivity index is 1.89. The number of hydrogen-bond acceptors (Lipinski definition) is 3. The Bertz CT molecular complexity index is 639. The van der Waals surface area contributed by atoms with Crippen molar-refractivity contribution in [3.63, 3.8) is 0 Å². The Labute approximate surface area is 131 Å². The van der Waals surface area contributed by atoms with Crippen LogP contribution in [0.25, 0.3) is 5.57 Å². The number of Topliss-reactive ketones (excluding diaryl/α,β-unsaturated/α-hetero) is 2. The summed E-state index contributed by atoms with van der Waals surface area (Å²) in [6, 6.07) is 4.17. The molecule has 0 N–H and O–H groups in total. The predicted octanol–water partition coefficient (Wildman–Crippen LogP) is 3.66. The van der Waals surface area contributed by atoms with Crippen molar-refractivity contribution in [3.8, 4) is 5.75 Å². The van der Waals surface area contributed by atoms with Gasteiger partial charge in [-0.15, -0.1) is 0 Å². The second-order valence-corrected chi connectivity index (χ2v) is 6.28. The highest BCUT2D eigenvalue weighted by atomic mass is 16.5. The molecular formula is C19H22O3. The molecule has 22 heavy (non-hydrogen) atoms. The van der Waals surface area contributed by atoms with E-state index >= 15 is 0 Å². The lowest BCUT2D eigenvalue weighted by molar-refractivity contribution is -0.126. The molecule has 0 spiro atoms. The van der Waals surface area contributed by atoms with E-state index in [1.54, 1.807) is 7.11 Å². The molecule has 0 atom stereocenters. The van der Waals surface area contributed by atoms with Crippen molar-refractivity contribution in [3.05, 3.63) is 34.9 Å². The second-order valence-electron chi connectivity index (χ2n) is 6.28. The van der Waals surface area contributed by atoms with Crippen molar-refractivity contribution >= 4 is 17.1 Å². The zero-order valence-corrected chi connectivity index (χ0v) is 13.3. The van der Waals surface area contributed by atoms with Gasteiger partial charge in [0.05, 0.1) is 13.0 Å². The van der Waals surface area contributed by atoms with E-state index in [-0.39, 0.29) is 11.6 Å². The first-order chi connectivity index (χ1) is 10.6. The van der Waals surface area contributed by atoms with Crippen LogP contribution in [0.4, 0.5) is 0 Å². The van der Waals surface area contributed by atoms with Gasteiger partial charge in [-0.3, -0.25) is 9.59 Å². The number of allylic oxidation sites excluding steroid dienone is 2. The molecule has 0 unspecified atom stereocenters. The minimum Gasteiger partial charge on any atom is -0.497 e. The van der Waals surface area contributed by atoms with Crippen LogP contribution < -0.4 is 4.74 Å². The highest BCUT2D eigenvalue weighted by Gasteiger charge is 2.32. The maximum Gasteiger partial charge on any atom is 0.144 e. The molecule has 1 aromatic rings. The molecule has 0 aromatic heterocycles. The van der Waals surface area contributed by atoms with Crippen LogP contribution in [0.1, 0.15) is 48.8 Å². The molecule has 3 heteroatoms. The van der Waals surface area contributed by atoms with Crippen LogP contribution >= 0.6 is 0 Å². The molecule has 3 nitrogen and oxygen atoms in total. The van der Waals surface area contributed by atoms with Gasteiger partial charge in [0, 0.05) is 12.8 Å². The van der Waals surface area contributed by atoms with E-state index in [0.717, 1.165) is 25.0 Å². The van der Waals surface area contributed by atoms with Gasteiger partial charge in [0.15, 0.2) is 0 Å². The number of ether oxygens (including phenoxy) is 1. The van der Waals surface area contributed by atoms with E-state index in [1.165, 1.54) is 22.3 Å². The van der Waals surface area contributed by atoms with Gasteiger partial charge < -0.3 is 4.74 Å². The SMILES string of the molecule is COc1cc(C)c2c(c1)CCC/C2=C\CC1C(=O)CCC1=O. The van der Waals surface area contributed by atoms with E-state index < -0.39 is 5.92 Å². The summed E-state index contributed by atoms with van der Waals surface area (Å²) >= 11 is 0. The summed E-state index contributed by atoms with van der Waals surface area (Å²) in [7, 11) is 1.69. The van der Waals surface area contributed by atoms with Crippen LogP contribution in [0.5, 0.6) is 5.75 Å². The average Bonchev–Trinajstić information content (AvgIpc) is 2.83. The number of hydrogen-bond donors (Lipinski definition) is 0. The fourth-order valence-electron chi connectivity index (χ4n) is 3.69. The van der Waals surface area contributed by atoms with E-state index in [2.05, 4.69) is 25.1 Å². The minimum absolute atomic E-state index is 0.115. The Morgan fingerprint density at radius 1 is 1.14 bits per heavy atom. The number of methoxy groups -OCH3 is 1. The van der Waals surface area contributed by atoms with Gasteiger partial charge in [-0.1, -0.05) is 6.08 Å². The van der Waals surface area contributed by atoms with Crippen molar-refractivity contribution in [2.75, 3.05) is 7.11 Å². The van der Waals surface area contributed by atoms with E-state index in [4.69, 9.17) is 4.74 Å². The zero-order valence-electron chi connectivity index (χ0n) is 13.3. The number of benzene rings is 1. The van der Waals surface area contributed by atoms with Crippen LogP contribution in [-0.2, 0) is 16.0 Å². The first kappa shape index (κ1) is 15.0. The second kappa shape index (κ2) is 6.07. The maximum atomic E-state index is 11.8. The summed E-state index contributed by atoms with van der Waals surface area (Å²) in [5.74, 6) is 0.740. The number of aryl methyl sites for hydroxylation is 2. The average molecular weight is 298 g/mol. The van der Waals surface area contributed by atoms with Crippen LogP contribution in [-0.4, -0.2) is 18.7 Å². The van der Waals surface area contributed by atoms with Gasteiger partial charge >= 0.3 is 0 Å². The predicted molar refractivity (Wildman–Crippen MR) is 86.0 cm³/mol. The summed E-state index contributed by atoms with van der Waals surface area (Å²) in [4.78, 5) is 23.6. The monoisotopic (exact) mass is 298 g/mol. The smallest absolute Gasteiger partial charge is 0.144 e. The van der Waals surface area contributed by atoms with Crippen molar-refractivity contribution in [1.29, 1.82) is 0 Å². The van der Waals surface area contributed by atoms with Gasteiger partial charge in [0.2, 0.25) is 0 Å². The minimum atomic E-state index is -0.392. The van der Waals surface area contributed by atoms with Gasteiger partial charge in [-0.25, -0.2) is 0 Å². The highest BCUT2D eigenvalue weighted by Crippen LogP contribution is 2.36.